The molecule has 8 aromatic carbocycles. The molecule has 4 heterocycles. The molecule has 0 radical (unpaired) electrons. The average molecular weight is 885 g/mol. The quantitative estimate of drug-likeness (QED) is 0.160. The van der Waals surface area contributed by atoms with Crippen LogP contribution in [0.1, 0.15) is 52.7 Å². The van der Waals surface area contributed by atoms with Crippen LogP contribution in [-0.2, 0) is 10.8 Å². The molecule has 1 aliphatic rings. The van der Waals surface area contributed by atoms with Crippen molar-refractivity contribution >= 4 is 66.5 Å². The molecular weight excluding hydrogens is 833 g/mol. The van der Waals surface area contributed by atoms with E-state index in [1.807, 2.05) is 18.3 Å². The van der Waals surface area contributed by atoms with E-state index in [0.29, 0.717) is 12.4 Å². The molecule has 11 aromatic rings. The number of hydrogen-bond acceptors (Lipinski definition) is 5. The third-order valence-corrected chi connectivity index (χ3v) is 13.6. The van der Waals surface area contributed by atoms with Crippen molar-refractivity contribution in [2.75, 3.05) is 16.5 Å². The SMILES string of the molecule is CC(C)(C)c1cccc(N2CN(c3cccc(Oc4cc(-c5cccc6c5oc5ccccc56)c5c6ccccc6n(-c6cc(C(C)(C)C)ccn6)c5c4)c3)c3cc(-c4ccccc4)ccc32)c1. The van der Waals surface area contributed by atoms with Crippen LogP contribution in [0, 0.1) is 0 Å². The molecule has 6 heteroatoms. The summed E-state index contributed by atoms with van der Waals surface area (Å²) in [6.07, 6.45) is 1.93. The highest BCUT2D eigenvalue weighted by atomic mass is 16.5. The molecule has 1 aliphatic heterocycles. The number of hydrogen-bond donors (Lipinski definition) is 0. The molecule has 332 valence electrons. The van der Waals surface area contributed by atoms with Crippen LogP contribution >= 0.6 is 0 Å². The number of benzene rings is 8. The van der Waals surface area contributed by atoms with Crippen LogP contribution < -0.4 is 14.5 Å². The van der Waals surface area contributed by atoms with Crippen LogP contribution in [0.25, 0.3) is 71.8 Å². The number of pyridine rings is 1. The number of fused-ring (bicyclic) bond motifs is 7. The van der Waals surface area contributed by atoms with E-state index in [1.54, 1.807) is 0 Å². The summed E-state index contributed by atoms with van der Waals surface area (Å²) in [5.41, 5.74) is 15.1. The Balaban J connectivity index is 1.02. The molecular formula is C62H52N4O2. The normalized spacial score (nSPS) is 13.0. The van der Waals surface area contributed by atoms with Gasteiger partial charge in [0.2, 0.25) is 0 Å². The fourth-order valence-electron chi connectivity index (χ4n) is 10.1. The highest BCUT2D eigenvalue weighted by molar-refractivity contribution is 6.19. The lowest BCUT2D eigenvalue weighted by Crippen LogP contribution is -2.24. The van der Waals surface area contributed by atoms with Crippen LogP contribution in [0.4, 0.5) is 22.7 Å². The zero-order valence-electron chi connectivity index (χ0n) is 39.3. The van der Waals surface area contributed by atoms with Gasteiger partial charge in [-0.05, 0) is 105 Å². The summed E-state index contributed by atoms with van der Waals surface area (Å²) in [5, 5.41) is 4.41. The van der Waals surface area contributed by atoms with Crippen molar-refractivity contribution in [2.24, 2.45) is 0 Å². The fourth-order valence-corrected chi connectivity index (χ4v) is 10.1. The number of nitrogens with zero attached hydrogens (tertiary/aromatic N) is 4. The maximum absolute atomic E-state index is 7.13. The molecule has 0 unspecified atom stereocenters. The van der Waals surface area contributed by atoms with E-state index in [4.69, 9.17) is 14.1 Å². The molecule has 0 fully saturated rings. The first-order valence-corrected chi connectivity index (χ1v) is 23.5. The summed E-state index contributed by atoms with van der Waals surface area (Å²) in [6.45, 7) is 14.2. The Kier molecular flexibility index (Phi) is 9.59. The van der Waals surface area contributed by atoms with Gasteiger partial charge in [0.15, 0.2) is 0 Å². The second kappa shape index (κ2) is 15.8. The molecule has 0 spiro atoms. The maximum atomic E-state index is 7.13. The largest absolute Gasteiger partial charge is 0.457 e. The predicted octanol–water partition coefficient (Wildman–Crippen LogP) is 17.0. The smallest absolute Gasteiger partial charge is 0.143 e. The predicted molar refractivity (Wildman–Crippen MR) is 283 cm³/mol. The lowest BCUT2D eigenvalue weighted by Gasteiger charge is -2.25. The number of anilines is 4. The van der Waals surface area contributed by atoms with Gasteiger partial charge in [0, 0.05) is 56.8 Å². The first kappa shape index (κ1) is 41.3. The summed E-state index contributed by atoms with van der Waals surface area (Å²) >= 11 is 0. The molecule has 0 amide bonds. The van der Waals surface area contributed by atoms with E-state index in [2.05, 4.69) is 232 Å². The van der Waals surface area contributed by atoms with Crippen molar-refractivity contribution in [2.45, 2.75) is 52.4 Å². The minimum atomic E-state index is -0.0652. The number of ether oxygens (including phenoxy) is 1. The first-order chi connectivity index (χ1) is 33.0. The topological polar surface area (TPSA) is 46.7 Å². The number of furan rings is 1. The summed E-state index contributed by atoms with van der Waals surface area (Å²) in [7, 11) is 0. The Morgan fingerprint density at radius 1 is 0.485 bits per heavy atom. The lowest BCUT2D eigenvalue weighted by atomic mass is 9.87. The van der Waals surface area contributed by atoms with Crippen molar-refractivity contribution in [1.82, 2.24) is 9.55 Å². The zero-order chi connectivity index (χ0) is 46.3. The number of rotatable bonds is 7. The van der Waals surface area contributed by atoms with Crippen LogP contribution in [0.2, 0.25) is 0 Å². The van der Waals surface area contributed by atoms with E-state index >= 15 is 0 Å². The molecule has 0 N–H and O–H groups in total. The Labute approximate surface area is 397 Å². The van der Waals surface area contributed by atoms with Gasteiger partial charge in [0.25, 0.3) is 0 Å². The van der Waals surface area contributed by atoms with E-state index in [0.717, 1.165) is 83.5 Å². The third kappa shape index (κ3) is 7.07. The summed E-state index contributed by atoms with van der Waals surface area (Å²) in [4.78, 5) is 9.86. The van der Waals surface area contributed by atoms with Crippen molar-refractivity contribution < 1.29 is 9.15 Å². The maximum Gasteiger partial charge on any atom is 0.143 e. The van der Waals surface area contributed by atoms with Gasteiger partial charge in [-0.25, -0.2) is 4.98 Å². The van der Waals surface area contributed by atoms with Gasteiger partial charge in [-0.3, -0.25) is 4.57 Å². The summed E-state index contributed by atoms with van der Waals surface area (Å²) < 4.78 is 16.2. The van der Waals surface area contributed by atoms with E-state index in [-0.39, 0.29) is 10.8 Å². The molecule has 12 rings (SSSR count). The van der Waals surface area contributed by atoms with Crippen molar-refractivity contribution in [3.63, 3.8) is 0 Å². The lowest BCUT2D eigenvalue weighted by molar-refractivity contribution is 0.483. The van der Waals surface area contributed by atoms with Crippen molar-refractivity contribution in [1.29, 1.82) is 0 Å². The van der Waals surface area contributed by atoms with Gasteiger partial charge in [0.05, 0.1) is 22.4 Å². The Morgan fingerprint density at radius 2 is 1.18 bits per heavy atom. The van der Waals surface area contributed by atoms with Crippen molar-refractivity contribution in [3.8, 4) is 39.6 Å². The van der Waals surface area contributed by atoms with Crippen LogP contribution in [0.15, 0.2) is 199 Å². The van der Waals surface area contributed by atoms with E-state index in [9.17, 15) is 0 Å². The molecule has 68 heavy (non-hydrogen) atoms. The Bertz CT molecular complexity index is 3740. The number of para-hydroxylation sites is 3. The molecule has 0 aliphatic carbocycles. The zero-order valence-corrected chi connectivity index (χ0v) is 39.3. The Morgan fingerprint density at radius 3 is 2.00 bits per heavy atom. The average Bonchev–Trinajstić information content (AvgIpc) is 4.04. The standard InChI is InChI=1S/C62H52N4O2/c1-61(2,3)42-19-14-20-44(34-42)64-39-65(55-33-41(29-30-54(55)64)40-17-8-7-9-18-40)45-21-15-22-46(36-45)67-47-37-52(50-26-16-25-49-48-23-11-13-28-57(48)68-60(49)50)59-51-24-10-12-27-53(51)66(56(59)38-47)58-35-43(31-32-63-58)62(4,5)6/h7-38H,39H2,1-6H3. The minimum Gasteiger partial charge on any atom is -0.457 e. The van der Waals surface area contributed by atoms with Gasteiger partial charge >= 0.3 is 0 Å². The highest BCUT2D eigenvalue weighted by Crippen LogP contribution is 2.49. The second-order valence-electron chi connectivity index (χ2n) is 20.1. The second-order valence-corrected chi connectivity index (χ2v) is 20.1. The molecule has 3 aromatic heterocycles. The monoisotopic (exact) mass is 884 g/mol. The molecule has 6 nitrogen and oxygen atoms in total. The fraction of sp³-hybridized carbons (Fsp3) is 0.145. The third-order valence-electron chi connectivity index (χ3n) is 13.6. The van der Waals surface area contributed by atoms with E-state index < -0.39 is 0 Å². The molecule has 0 bridgehead atoms. The van der Waals surface area contributed by atoms with Gasteiger partial charge in [0.1, 0.15) is 35.2 Å². The molecule has 0 atom stereocenters. The van der Waals surface area contributed by atoms with Crippen molar-refractivity contribution in [3.05, 3.63) is 205 Å². The van der Waals surface area contributed by atoms with E-state index in [1.165, 1.54) is 27.9 Å². The van der Waals surface area contributed by atoms with Crippen LogP contribution in [-0.4, -0.2) is 16.2 Å². The molecule has 0 saturated heterocycles. The van der Waals surface area contributed by atoms with Gasteiger partial charge in [-0.2, -0.15) is 0 Å². The van der Waals surface area contributed by atoms with Gasteiger partial charge in [-0.15, -0.1) is 0 Å². The van der Waals surface area contributed by atoms with Gasteiger partial charge < -0.3 is 19.0 Å². The minimum absolute atomic E-state index is 0.0177. The number of aromatic nitrogens is 2. The summed E-state index contributed by atoms with van der Waals surface area (Å²) in [5.74, 6) is 2.30. The van der Waals surface area contributed by atoms with Crippen LogP contribution in [0.3, 0.4) is 0 Å². The summed E-state index contributed by atoms with van der Waals surface area (Å²) in [6, 6.07) is 67.0. The Hall–Kier alpha value is -8.09. The highest BCUT2D eigenvalue weighted by Gasteiger charge is 2.30. The van der Waals surface area contributed by atoms with Gasteiger partial charge in [-0.1, -0.05) is 151 Å². The van der Waals surface area contributed by atoms with Crippen LogP contribution in [0.5, 0.6) is 11.5 Å². The first-order valence-electron chi connectivity index (χ1n) is 23.5. The molecule has 0 saturated carbocycles.